The van der Waals surface area contributed by atoms with Gasteiger partial charge in [-0.3, -0.25) is 4.79 Å². The van der Waals surface area contributed by atoms with Gasteiger partial charge < -0.3 is 5.32 Å². The average molecular weight is 430 g/mol. The first-order chi connectivity index (χ1) is 13.0. The Hall–Kier alpha value is -1.75. The summed E-state index contributed by atoms with van der Waals surface area (Å²) in [5, 5.41) is 3.62. The highest BCUT2D eigenvalue weighted by atomic mass is 32.2. The van der Waals surface area contributed by atoms with Crippen molar-refractivity contribution in [1.29, 1.82) is 0 Å². The molecular formula is C18H27N3O5S2. The number of carbonyl (C=O) groups excluding carboxylic acids is 1. The van der Waals surface area contributed by atoms with Crippen molar-refractivity contribution in [3.63, 3.8) is 0 Å². The van der Waals surface area contributed by atoms with Gasteiger partial charge in [-0.15, -0.1) is 0 Å². The molecule has 1 aromatic carbocycles. The molecule has 0 spiro atoms. The maximum absolute atomic E-state index is 12.8. The van der Waals surface area contributed by atoms with E-state index in [0.717, 1.165) is 11.0 Å². The summed E-state index contributed by atoms with van der Waals surface area (Å²) < 4.78 is 52.2. The van der Waals surface area contributed by atoms with Crippen LogP contribution in [0.15, 0.2) is 41.1 Å². The predicted molar refractivity (Wildman–Crippen MR) is 107 cm³/mol. The number of nitrogens with zero attached hydrogens (tertiary/aromatic N) is 1. The molecule has 1 aliphatic rings. The molecule has 28 heavy (non-hydrogen) atoms. The van der Waals surface area contributed by atoms with Crippen molar-refractivity contribution in [2.45, 2.75) is 37.6 Å². The Morgan fingerprint density at radius 3 is 2.46 bits per heavy atom. The minimum Gasteiger partial charge on any atom is -0.354 e. The molecule has 1 atom stereocenters. The van der Waals surface area contributed by atoms with Crippen molar-refractivity contribution in [3.05, 3.63) is 41.8 Å². The molecule has 0 saturated carbocycles. The van der Waals surface area contributed by atoms with Crippen molar-refractivity contribution in [1.82, 2.24) is 14.3 Å². The quantitative estimate of drug-likeness (QED) is 0.604. The van der Waals surface area contributed by atoms with Crippen molar-refractivity contribution >= 4 is 26.0 Å². The van der Waals surface area contributed by atoms with Gasteiger partial charge in [0.1, 0.15) is 0 Å². The average Bonchev–Trinajstić information content (AvgIpc) is 3.10. The van der Waals surface area contributed by atoms with Gasteiger partial charge in [0, 0.05) is 31.1 Å². The van der Waals surface area contributed by atoms with Gasteiger partial charge in [0.15, 0.2) is 0 Å². The van der Waals surface area contributed by atoms with Crippen LogP contribution in [0.4, 0.5) is 0 Å². The SMILES string of the molecule is C=CS(=O)(=O)NC[C@H]1CCN(S(=O)(=O)c2ccc(CC(=O)NC(C)C)cc2)C1. The number of hydrogen-bond acceptors (Lipinski definition) is 5. The second-order valence-corrected chi connectivity index (χ2v) is 10.8. The van der Waals surface area contributed by atoms with Crippen LogP contribution in [0.3, 0.4) is 0 Å². The van der Waals surface area contributed by atoms with E-state index in [2.05, 4.69) is 16.6 Å². The lowest BCUT2D eigenvalue weighted by atomic mass is 10.1. The smallest absolute Gasteiger partial charge is 0.243 e. The number of nitrogens with one attached hydrogen (secondary N) is 2. The summed E-state index contributed by atoms with van der Waals surface area (Å²) in [6.45, 7) is 7.73. The minimum atomic E-state index is -3.66. The standard InChI is InChI=1S/C18H27N3O5S2/c1-4-27(23,24)19-12-16-9-10-21(13-16)28(25,26)17-7-5-15(6-8-17)11-18(22)20-14(2)3/h4-8,14,16,19H,1,9-13H2,2-3H3,(H,20,22)/t16-/m1/s1. The number of rotatable bonds is 9. The largest absolute Gasteiger partial charge is 0.354 e. The van der Waals surface area contributed by atoms with E-state index in [0.29, 0.717) is 13.0 Å². The lowest BCUT2D eigenvalue weighted by Crippen LogP contribution is -2.32. The highest BCUT2D eigenvalue weighted by Gasteiger charge is 2.32. The normalized spacial score (nSPS) is 18.3. The van der Waals surface area contributed by atoms with Gasteiger partial charge in [-0.1, -0.05) is 18.7 Å². The zero-order chi connectivity index (χ0) is 20.9. The Kier molecular flexibility index (Phi) is 7.38. The zero-order valence-electron chi connectivity index (χ0n) is 16.1. The number of sulfonamides is 2. The minimum absolute atomic E-state index is 0.0474. The summed E-state index contributed by atoms with van der Waals surface area (Å²) in [6, 6.07) is 6.32. The van der Waals surface area contributed by atoms with E-state index in [9.17, 15) is 21.6 Å². The number of amides is 1. The first kappa shape index (κ1) is 22.5. The summed E-state index contributed by atoms with van der Waals surface area (Å²) in [5.41, 5.74) is 0.732. The predicted octanol–water partition coefficient (Wildman–Crippen LogP) is 0.827. The Balaban J connectivity index is 1.99. The number of hydrogen-bond donors (Lipinski definition) is 2. The van der Waals surface area contributed by atoms with Crippen LogP contribution >= 0.6 is 0 Å². The van der Waals surface area contributed by atoms with Crippen LogP contribution in [0.5, 0.6) is 0 Å². The highest BCUT2D eigenvalue weighted by Crippen LogP contribution is 2.24. The van der Waals surface area contributed by atoms with E-state index in [-0.39, 0.29) is 42.3 Å². The molecule has 0 aromatic heterocycles. The molecule has 0 unspecified atom stereocenters. The third-order valence-corrected chi connectivity index (χ3v) is 7.30. The Bertz CT molecular complexity index is 909. The molecule has 2 rings (SSSR count). The number of carbonyl (C=O) groups is 1. The van der Waals surface area contributed by atoms with E-state index in [1.54, 1.807) is 12.1 Å². The summed E-state index contributed by atoms with van der Waals surface area (Å²) in [6.07, 6.45) is 0.764. The molecule has 0 aliphatic carbocycles. The van der Waals surface area contributed by atoms with Crippen LogP contribution in [0.2, 0.25) is 0 Å². The molecule has 8 nitrogen and oxygen atoms in total. The van der Waals surface area contributed by atoms with E-state index in [4.69, 9.17) is 0 Å². The second-order valence-electron chi connectivity index (χ2n) is 7.12. The van der Waals surface area contributed by atoms with Gasteiger partial charge in [-0.25, -0.2) is 21.6 Å². The molecule has 1 heterocycles. The fourth-order valence-electron chi connectivity index (χ4n) is 2.96. The summed E-state index contributed by atoms with van der Waals surface area (Å²) in [4.78, 5) is 12.0. The molecule has 0 bridgehead atoms. The molecule has 156 valence electrons. The highest BCUT2D eigenvalue weighted by molar-refractivity contribution is 7.92. The van der Waals surface area contributed by atoms with Crippen LogP contribution in [-0.4, -0.2) is 52.7 Å². The second kappa shape index (κ2) is 9.17. The third-order valence-electron chi connectivity index (χ3n) is 4.42. The molecule has 1 saturated heterocycles. The van der Waals surface area contributed by atoms with Gasteiger partial charge >= 0.3 is 0 Å². The van der Waals surface area contributed by atoms with Gasteiger partial charge in [0.25, 0.3) is 0 Å². The van der Waals surface area contributed by atoms with Crippen molar-refractivity contribution in [2.24, 2.45) is 5.92 Å². The first-order valence-corrected chi connectivity index (χ1v) is 12.0. The van der Waals surface area contributed by atoms with Crippen LogP contribution in [0.1, 0.15) is 25.8 Å². The summed E-state index contributed by atoms with van der Waals surface area (Å²) >= 11 is 0. The molecule has 1 fully saturated rings. The van der Waals surface area contributed by atoms with Crippen LogP contribution in [0, 0.1) is 5.92 Å². The Morgan fingerprint density at radius 1 is 1.25 bits per heavy atom. The molecular weight excluding hydrogens is 402 g/mol. The zero-order valence-corrected chi connectivity index (χ0v) is 17.7. The summed E-state index contributed by atoms with van der Waals surface area (Å²) in [7, 11) is -7.18. The van der Waals surface area contributed by atoms with Crippen molar-refractivity contribution in [3.8, 4) is 0 Å². The first-order valence-electron chi connectivity index (χ1n) is 9.04. The van der Waals surface area contributed by atoms with E-state index in [1.165, 1.54) is 16.4 Å². The van der Waals surface area contributed by atoms with Crippen molar-refractivity contribution in [2.75, 3.05) is 19.6 Å². The van der Waals surface area contributed by atoms with E-state index < -0.39 is 20.0 Å². The maximum Gasteiger partial charge on any atom is 0.243 e. The molecule has 1 aliphatic heterocycles. The maximum atomic E-state index is 12.8. The fourth-order valence-corrected chi connectivity index (χ4v) is 5.08. The van der Waals surface area contributed by atoms with Crippen LogP contribution in [-0.2, 0) is 31.3 Å². The van der Waals surface area contributed by atoms with Crippen molar-refractivity contribution < 1.29 is 21.6 Å². The monoisotopic (exact) mass is 429 g/mol. The third kappa shape index (κ3) is 6.13. The van der Waals surface area contributed by atoms with Gasteiger partial charge in [-0.05, 0) is 43.9 Å². The Labute approximate surface area is 167 Å². The Morgan fingerprint density at radius 2 is 1.89 bits per heavy atom. The van der Waals surface area contributed by atoms with E-state index >= 15 is 0 Å². The van der Waals surface area contributed by atoms with Gasteiger partial charge in [0.2, 0.25) is 26.0 Å². The van der Waals surface area contributed by atoms with Gasteiger partial charge in [-0.2, -0.15) is 4.31 Å². The van der Waals surface area contributed by atoms with E-state index in [1.807, 2.05) is 13.8 Å². The number of benzene rings is 1. The van der Waals surface area contributed by atoms with Crippen LogP contribution < -0.4 is 10.0 Å². The lowest BCUT2D eigenvalue weighted by Gasteiger charge is -2.17. The fraction of sp³-hybridized carbons (Fsp3) is 0.500. The summed E-state index contributed by atoms with van der Waals surface area (Å²) in [5.74, 6) is -0.210. The molecule has 0 radical (unpaired) electrons. The molecule has 2 N–H and O–H groups in total. The molecule has 10 heteroatoms. The van der Waals surface area contributed by atoms with Gasteiger partial charge in [0.05, 0.1) is 11.3 Å². The molecule has 1 aromatic rings. The lowest BCUT2D eigenvalue weighted by molar-refractivity contribution is -0.120. The van der Waals surface area contributed by atoms with Crippen LogP contribution in [0.25, 0.3) is 0 Å². The topological polar surface area (TPSA) is 113 Å². The molecule has 1 amide bonds.